The summed E-state index contributed by atoms with van der Waals surface area (Å²) >= 11 is 1.30. The van der Waals surface area contributed by atoms with Gasteiger partial charge in [0.05, 0.1) is 17.7 Å². The highest BCUT2D eigenvalue weighted by Gasteiger charge is 2.13. The summed E-state index contributed by atoms with van der Waals surface area (Å²) in [5, 5.41) is 4.42. The zero-order chi connectivity index (χ0) is 23.9. The lowest BCUT2D eigenvalue weighted by atomic mass is 10.2. The molecule has 0 unspecified atom stereocenters. The van der Waals surface area contributed by atoms with Crippen molar-refractivity contribution < 1.29 is 14.2 Å². The molecule has 0 N–H and O–H groups in total. The van der Waals surface area contributed by atoms with E-state index in [1.807, 2.05) is 55.5 Å². The van der Waals surface area contributed by atoms with Crippen molar-refractivity contribution in [1.82, 2.24) is 14.6 Å². The second kappa shape index (κ2) is 11.0. The molecule has 7 nitrogen and oxygen atoms in total. The van der Waals surface area contributed by atoms with Gasteiger partial charge in [-0.2, -0.15) is 9.50 Å². The molecule has 0 spiro atoms. The smallest absolute Gasteiger partial charge is 0.291 e. The zero-order valence-corrected chi connectivity index (χ0v) is 20.1. The van der Waals surface area contributed by atoms with Gasteiger partial charge in [0.15, 0.2) is 17.3 Å². The third-order valence-electron chi connectivity index (χ3n) is 4.98. The minimum atomic E-state index is -0.203. The van der Waals surface area contributed by atoms with Crippen molar-refractivity contribution in [3.8, 4) is 28.6 Å². The van der Waals surface area contributed by atoms with Gasteiger partial charge >= 0.3 is 0 Å². The summed E-state index contributed by atoms with van der Waals surface area (Å²) in [4.78, 5) is 18.0. The van der Waals surface area contributed by atoms with Crippen LogP contribution in [0, 0.1) is 0 Å². The van der Waals surface area contributed by atoms with Crippen molar-refractivity contribution in [1.29, 1.82) is 0 Å². The summed E-state index contributed by atoms with van der Waals surface area (Å²) in [5.41, 5.74) is 1.46. The van der Waals surface area contributed by atoms with E-state index in [1.54, 1.807) is 6.08 Å². The van der Waals surface area contributed by atoms with Gasteiger partial charge in [0, 0.05) is 5.56 Å². The lowest BCUT2D eigenvalue weighted by Gasteiger charge is -2.12. The van der Waals surface area contributed by atoms with E-state index in [9.17, 15) is 4.79 Å². The minimum Gasteiger partial charge on any atom is -0.490 e. The van der Waals surface area contributed by atoms with Crippen LogP contribution < -0.4 is 24.3 Å². The standard InChI is InChI=1S/C26H27N3O4S/c1-4-7-15-33-21-13-8-18(16-22(21)31-6-3)17-23-25(30)29-26(34-23)27-24(28-29)19-9-11-20(12-10-19)32-14-5-2/h5,8-13,16-17H,2,4,6-7,14-15H2,1,3H3. The third-order valence-corrected chi connectivity index (χ3v) is 5.94. The Balaban J connectivity index is 1.60. The summed E-state index contributed by atoms with van der Waals surface area (Å²) in [6.45, 7) is 9.31. The van der Waals surface area contributed by atoms with E-state index in [0.29, 0.717) is 46.6 Å². The monoisotopic (exact) mass is 477 g/mol. The molecule has 0 aliphatic heterocycles. The van der Waals surface area contributed by atoms with Gasteiger partial charge in [0.1, 0.15) is 12.4 Å². The first-order chi connectivity index (χ1) is 16.6. The van der Waals surface area contributed by atoms with Crippen LogP contribution in [-0.2, 0) is 0 Å². The Morgan fingerprint density at radius 1 is 1.06 bits per heavy atom. The zero-order valence-electron chi connectivity index (χ0n) is 19.3. The summed E-state index contributed by atoms with van der Waals surface area (Å²) < 4.78 is 19.0. The number of benzene rings is 2. The van der Waals surface area contributed by atoms with Gasteiger partial charge in [-0.15, -0.1) is 5.10 Å². The van der Waals surface area contributed by atoms with E-state index in [1.165, 1.54) is 15.9 Å². The maximum Gasteiger partial charge on any atom is 0.291 e. The van der Waals surface area contributed by atoms with E-state index in [0.717, 1.165) is 29.7 Å². The number of fused-ring (bicyclic) bond motifs is 1. The molecule has 8 heteroatoms. The van der Waals surface area contributed by atoms with Crippen LogP contribution in [0.15, 0.2) is 59.9 Å². The van der Waals surface area contributed by atoms with Crippen LogP contribution in [0.25, 0.3) is 22.4 Å². The molecule has 176 valence electrons. The van der Waals surface area contributed by atoms with Crippen molar-refractivity contribution in [2.75, 3.05) is 19.8 Å². The summed E-state index contributed by atoms with van der Waals surface area (Å²) in [6, 6.07) is 13.1. The molecule has 0 radical (unpaired) electrons. The molecule has 0 atom stereocenters. The fraction of sp³-hybridized carbons (Fsp3) is 0.269. The Labute approximate surface area is 201 Å². The van der Waals surface area contributed by atoms with Gasteiger partial charge in [0.2, 0.25) is 4.96 Å². The number of hydrogen-bond donors (Lipinski definition) is 0. The van der Waals surface area contributed by atoms with Gasteiger partial charge in [0.25, 0.3) is 5.56 Å². The highest BCUT2D eigenvalue weighted by atomic mass is 32.1. The second-order valence-electron chi connectivity index (χ2n) is 7.51. The molecule has 4 aromatic rings. The SMILES string of the molecule is C=CCOc1ccc(-c2nc3sc(=Cc4ccc(OCCCC)c(OCC)c4)c(=O)n3n2)cc1. The number of aromatic nitrogens is 3. The van der Waals surface area contributed by atoms with Gasteiger partial charge < -0.3 is 14.2 Å². The van der Waals surface area contributed by atoms with Crippen LogP contribution in [0.2, 0.25) is 0 Å². The molecule has 0 aliphatic carbocycles. The highest BCUT2D eigenvalue weighted by molar-refractivity contribution is 7.15. The Hall–Kier alpha value is -3.65. The molecule has 0 saturated heterocycles. The fourth-order valence-corrected chi connectivity index (χ4v) is 4.20. The van der Waals surface area contributed by atoms with Crippen LogP contribution >= 0.6 is 11.3 Å². The van der Waals surface area contributed by atoms with Gasteiger partial charge in [-0.25, -0.2) is 0 Å². The van der Waals surface area contributed by atoms with E-state index in [-0.39, 0.29) is 5.56 Å². The largest absolute Gasteiger partial charge is 0.490 e. The first-order valence-corrected chi connectivity index (χ1v) is 12.1. The molecule has 0 aliphatic rings. The third kappa shape index (κ3) is 5.28. The van der Waals surface area contributed by atoms with Crippen molar-refractivity contribution in [3.05, 3.63) is 75.6 Å². The maximum absolute atomic E-state index is 13.0. The number of thiazole rings is 1. The Morgan fingerprint density at radius 3 is 2.59 bits per heavy atom. The van der Waals surface area contributed by atoms with Crippen LogP contribution in [0.4, 0.5) is 0 Å². The van der Waals surface area contributed by atoms with Crippen LogP contribution in [-0.4, -0.2) is 34.4 Å². The Bertz CT molecular complexity index is 1380. The van der Waals surface area contributed by atoms with Crippen molar-refractivity contribution in [2.24, 2.45) is 0 Å². The van der Waals surface area contributed by atoms with E-state index in [4.69, 9.17) is 14.2 Å². The molecular weight excluding hydrogens is 450 g/mol. The molecule has 0 amide bonds. The minimum absolute atomic E-state index is 0.203. The van der Waals surface area contributed by atoms with Crippen molar-refractivity contribution in [2.45, 2.75) is 26.7 Å². The van der Waals surface area contributed by atoms with Crippen molar-refractivity contribution >= 4 is 22.4 Å². The van der Waals surface area contributed by atoms with E-state index >= 15 is 0 Å². The molecule has 2 aromatic carbocycles. The molecule has 0 saturated carbocycles. The average Bonchev–Trinajstić information content (AvgIpc) is 3.39. The second-order valence-corrected chi connectivity index (χ2v) is 8.52. The molecule has 0 bridgehead atoms. The quantitative estimate of drug-likeness (QED) is 0.234. The topological polar surface area (TPSA) is 75.0 Å². The molecular formula is C26H27N3O4S. The van der Waals surface area contributed by atoms with Gasteiger partial charge in [-0.1, -0.05) is 43.4 Å². The van der Waals surface area contributed by atoms with Crippen LogP contribution in [0.1, 0.15) is 32.3 Å². The van der Waals surface area contributed by atoms with Gasteiger partial charge in [-0.05, 0) is 61.4 Å². The number of unbranched alkanes of at least 4 members (excludes halogenated alkanes) is 1. The maximum atomic E-state index is 13.0. The van der Waals surface area contributed by atoms with Gasteiger partial charge in [-0.3, -0.25) is 4.79 Å². The summed E-state index contributed by atoms with van der Waals surface area (Å²) in [5.74, 6) is 2.61. The Morgan fingerprint density at radius 2 is 1.88 bits per heavy atom. The first kappa shape index (κ1) is 23.5. The predicted molar refractivity (Wildman–Crippen MR) is 135 cm³/mol. The molecule has 2 heterocycles. The first-order valence-electron chi connectivity index (χ1n) is 11.3. The number of ether oxygens (including phenoxy) is 3. The summed E-state index contributed by atoms with van der Waals surface area (Å²) in [6.07, 6.45) is 5.56. The lowest BCUT2D eigenvalue weighted by Crippen LogP contribution is -2.23. The predicted octanol–water partition coefficient (Wildman–Crippen LogP) is 4.51. The molecule has 4 rings (SSSR count). The molecule has 0 fully saturated rings. The van der Waals surface area contributed by atoms with E-state index in [2.05, 4.69) is 23.6 Å². The van der Waals surface area contributed by atoms with Crippen LogP contribution in [0.3, 0.4) is 0 Å². The molecule has 34 heavy (non-hydrogen) atoms. The average molecular weight is 478 g/mol. The Kier molecular flexibility index (Phi) is 7.59. The van der Waals surface area contributed by atoms with Crippen LogP contribution in [0.5, 0.6) is 17.2 Å². The highest BCUT2D eigenvalue weighted by Crippen LogP contribution is 2.29. The fourth-order valence-electron chi connectivity index (χ4n) is 3.29. The number of hydrogen-bond acceptors (Lipinski definition) is 7. The number of nitrogens with zero attached hydrogens (tertiary/aromatic N) is 3. The number of rotatable bonds is 11. The lowest BCUT2D eigenvalue weighted by molar-refractivity contribution is 0.272. The van der Waals surface area contributed by atoms with E-state index < -0.39 is 0 Å². The summed E-state index contributed by atoms with van der Waals surface area (Å²) in [7, 11) is 0. The molecule has 2 aromatic heterocycles. The normalized spacial score (nSPS) is 11.6. The van der Waals surface area contributed by atoms with Crippen molar-refractivity contribution in [3.63, 3.8) is 0 Å².